The first-order valence-electron chi connectivity index (χ1n) is 5.92. The summed E-state index contributed by atoms with van der Waals surface area (Å²) in [5, 5.41) is 4.38. The number of ether oxygens (including phenoxy) is 1. The van der Waals surface area contributed by atoms with Gasteiger partial charge in [-0.2, -0.15) is 18.3 Å². The zero-order chi connectivity index (χ0) is 15.0. The average molecular weight is 294 g/mol. The van der Waals surface area contributed by atoms with Crippen LogP contribution in [0.3, 0.4) is 0 Å². The molecule has 0 saturated carbocycles. The van der Waals surface area contributed by atoms with Gasteiger partial charge in [0.15, 0.2) is 5.82 Å². The Kier molecular flexibility index (Phi) is 3.00. The fourth-order valence-electron chi connectivity index (χ4n) is 1.92. The van der Waals surface area contributed by atoms with Gasteiger partial charge in [-0.3, -0.25) is 0 Å². The molecule has 3 aromatic rings. The van der Waals surface area contributed by atoms with E-state index in [1.165, 1.54) is 30.3 Å². The highest BCUT2D eigenvalue weighted by atomic mass is 19.4. The molecule has 0 aliphatic rings. The molecule has 0 radical (unpaired) electrons. The lowest BCUT2D eigenvalue weighted by Crippen LogP contribution is -2.14. The number of alkyl halides is 3. The highest BCUT2D eigenvalue weighted by molar-refractivity contribution is 5.86. The van der Waals surface area contributed by atoms with Gasteiger partial charge in [0.2, 0.25) is 5.82 Å². The van der Waals surface area contributed by atoms with Crippen LogP contribution in [0.15, 0.2) is 36.7 Å². The summed E-state index contributed by atoms with van der Waals surface area (Å²) < 4.78 is 45.1. The van der Waals surface area contributed by atoms with E-state index in [0.29, 0.717) is 11.1 Å². The summed E-state index contributed by atoms with van der Waals surface area (Å²) in [4.78, 5) is 7.16. The van der Waals surface area contributed by atoms with Crippen LogP contribution < -0.4 is 4.74 Å². The molecule has 0 unspecified atom stereocenters. The van der Waals surface area contributed by atoms with Crippen molar-refractivity contribution in [2.24, 2.45) is 0 Å². The number of aromatic nitrogens is 4. The standard InChI is InChI=1S/C13H9F3N4O/c1-21-8-3-4-9-10(7-8)18-12(13(14,15)16)19-11(9)20-6-2-5-17-20/h2-7H,1H3. The van der Waals surface area contributed by atoms with Gasteiger partial charge in [0.05, 0.1) is 12.6 Å². The van der Waals surface area contributed by atoms with Gasteiger partial charge in [-0.05, 0) is 18.2 Å². The number of methoxy groups -OCH3 is 1. The Bertz CT molecular complexity index is 784. The van der Waals surface area contributed by atoms with Crippen molar-refractivity contribution in [3.8, 4) is 11.6 Å². The third-order valence-electron chi connectivity index (χ3n) is 2.86. The van der Waals surface area contributed by atoms with E-state index in [4.69, 9.17) is 4.74 Å². The van der Waals surface area contributed by atoms with E-state index in [2.05, 4.69) is 15.1 Å². The van der Waals surface area contributed by atoms with Crippen molar-refractivity contribution in [2.45, 2.75) is 6.18 Å². The Morgan fingerprint density at radius 3 is 2.62 bits per heavy atom. The van der Waals surface area contributed by atoms with Crippen LogP contribution in [0.25, 0.3) is 16.7 Å². The summed E-state index contributed by atoms with van der Waals surface area (Å²) in [6, 6.07) is 6.27. The summed E-state index contributed by atoms with van der Waals surface area (Å²) in [7, 11) is 1.43. The van der Waals surface area contributed by atoms with Gasteiger partial charge in [0.1, 0.15) is 5.75 Å². The molecular weight excluding hydrogens is 285 g/mol. The van der Waals surface area contributed by atoms with Gasteiger partial charge in [0.25, 0.3) is 0 Å². The summed E-state index contributed by atoms with van der Waals surface area (Å²) in [6.07, 6.45) is -1.66. The minimum Gasteiger partial charge on any atom is -0.497 e. The lowest BCUT2D eigenvalue weighted by Gasteiger charge is -2.11. The molecule has 0 saturated heterocycles. The molecule has 0 aliphatic carbocycles. The first-order chi connectivity index (χ1) is 9.99. The van der Waals surface area contributed by atoms with E-state index in [9.17, 15) is 13.2 Å². The Balaban J connectivity index is 2.33. The van der Waals surface area contributed by atoms with Crippen molar-refractivity contribution in [3.05, 3.63) is 42.5 Å². The third-order valence-corrected chi connectivity index (χ3v) is 2.86. The minimum absolute atomic E-state index is 0.0694. The van der Waals surface area contributed by atoms with Gasteiger partial charge in [-0.1, -0.05) is 0 Å². The molecule has 2 aromatic heterocycles. The normalized spacial score (nSPS) is 11.8. The Morgan fingerprint density at radius 1 is 1.19 bits per heavy atom. The zero-order valence-corrected chi connectivity index (χ0v) is 10.8. The lowest BCUT2D eigenvalue weighted by atomic mass is 10.2. The summed E-state index contributed by atoms with van der Waals surface area (Å²) in [6.45, 7) is 0. The van der Waals surface area contributed by atoms with Crippen molar-refractivity contribution >= 4 is 10.9 Å². The van der Waals surface area contributed by atoms with Crippen LogP contribution in [-0.2, 0) is 6.18 Å². The van der Waals surface area contributed by atoms with E-state index in [1.807, 2.05) is 0 Å². The predicted molar refractivity (Wildman–Crippen MR) is 68.2 cm³/mol. The summed E-state index contributed by atoms with van der Waals surface area (Å²) in [5.74, 6) is -0.727. The summed E-state index contributed by atoms with van der Waals surface area (Å²) >= 11 is 0. The number of hydrogen-bond acceptors (Lipinski definition) is 4. The van der Waals surface area contributed by atoms with Crippen molar-refractivity contribution in [3.63, 3.8) is 0 Å². The minimum atomic E-state index is -4.64. The van der Waals surface area contributed by atoms with E-state index >= 15 is 0 Å². The molecule has 0 N–H and O–H groups in total. The molecule has 8 heteroatoms. The molecule has 3 rings (SSSR count). The first-order valence-corrected chi connectivity index (χ1v) is 5.92. The number of nitrogens with zero attached hydrogens (tertiary/aromatic N) is 4. The van der Waals surface area contributed by atoms with Gasteiger partial charge in [0, 0.05) is 23.8 Å². The van der Waals surface area contributed by atoms with Crippen LogP contribution in [0.5, 0.6) is 5.75 Å². The van der Waals surface area contributed by atoms with Crippen LogP contribution in [0.2, 0.25) is 0 Å². The van der Waals surface area contributed by atoms with Crippen molar-refractivity contribution in [2.75, 3.05) is 7.11 Å². The second kappa shape index (κ2) is 4.72. The smallest absolute Gasteiger partial charge is 0.451 e. The van der Waals surface area contributed by atoms with E-state index < -0.39 is 12.0 Å². The fourth-order valence-corrected chi connectivity index (χ4v) is 1.92. The maximum atomic E-state index is 12.9. The summed E-state index contributed by atoms with van der Waals surface area (Å²) in [5.41, 5.74) is 0.141. The molecule has 0 spiro atoms. The number of hydrogen-bond donors (Lipinski definition) is 0. The number of benzene rings is 1. The van der Waals surface area contributed by atoms with E-state index in [-0.39, 0.29) is 11.3 Å². The molecule has 0 fully saturated rings. The topological polar surface area (TPSA) is 52.8 Å². The van der Waals surface area contributed by atoms with Gasteiger partial charge < -0.3 is 4.74 Å². The van der Waals surface area contributed by atoms with Crippen LogP contribution in [-0.4, -0.2) is 26.9 Å². The maximum Gasteiger partial charge on any atom is 0.451 e. The molecule has 1 aromatic carbocycles. The molecule has 2 heterocycles. The van der Waals surface area contributed by atoms with Crippen molar-refractivity contribution in [1.29, 1.82) is 0 Å². The van der Waals surface area contributed by atoms with Crippen molar-refractivity contribution < 1.29 is 17.9 Å². The second-order valence-electron chi connectivity index (χ2n) is 4.20. The molecule has 108 valence electrons. The third kappa shape index (κ3) is 2.39. The SMILES string of the molecule is COc1ccc2c(-n3cccn3)nc(C(F)(F)F)nc2c1. The number of fused-ring (bicyclic) bond motifs is 1. The number of halogens is 3. The Morgan fingerprint density at radius 2 is 2.00 bits per heavy atom. The molecule has 0 bridgehead atoms. The van der Waals surface area contributed by atoms with Gasteiger partial charge >= 0.3 is 6.18 Å². The highest BCUT2D eigenvalue weighted by Crippen LogP contribution is 2.30. The fraction of sp³-hybridized carbons (Fsp3) is 0.154. The largest absolute Gasteiger partial charge is 0.497 e. The van der Waals surface area contributed by atoms with Crippen LogP contribution in [0.1, 0.15) is 5.82 Å². The zero-order valence-electron chi connectivity index (χ0n) is 10.8. The molecular formula is C13H9F3N4O. The van der Waals surface area contributed by atoms with Crippen molar-refractivity contribution in [1.82, 2.24) is 19.7 Å². The Labute approximate surface area is 117 Å². The van der Waals surface area contributed by atoms with Crippen LogP contribution >= 0.6 is 0 Å². The quantitative estimate of drug-likeness (QED) is 0.729. The molecule has 0 amide bonds. The molecule has 21 heavy (non-hydrogen) atoms. The maximum absolute atomic E-state index is 12.9. The number of rotatable bonds is 2. The predicted octanol–water partition coefficient (Wildman–Crippen LogP) is 2.84. The second-order valence-corrected chi connectivity index (χ2v) is 4.20. The average Bonchev–Trinajstić information content (AvgIpc) is 2.98. The van der Waals surface area contributed by atoms with Gasteiger partial charge in [-0.25, -0.2) is 14.6 Å². The van der Waals surface area contributed by atoms with Gasteiger partial charge in [-0.15, -0.1) is 0 Å². The van der Waals surface area contributed by atoms with E-state index in [0.717, 1.165) is 0 Å². The molecule has 0 atom stereocenters. The van der Waals surface area contributed by atoms with Crippen LogP contribution in [0, 0.1) is 0 Å². The first kappa shape index (κ1) is 13.3. The molecule has 5 nitrogen and oxygen atoms in total. The highest BCUT2D eigenvalue weighted by Gasteiger charge is 2.35. The monoisotopic (exact) mass is 294 g/mol. The van der Waals surface area contributed by atoms with E-state index in [1.54, 1.807) is 18.2 Å². The Hall–Kier alpha value is -2.64. The lowest BCUT2D eigenvalue weighted by molar-refractivity contribution is -0.144. The molecule has 0 aliphatic heterocycles. The van der Waals surface area contributed by atoms with Crippen LogP contribution in [0.4, 0.5) is 13.2 Å².